The number of halogens is 2. The maximum atomic E-state index is 12.4. The standard InChI is InChI=1S/C18H17BrClN3O3S/c1-2-26-15-8-5-12(19)10-14(15)17(25)21-18(27)23-22-16(24)9-11-3-6-13(20)7-4-11/h3-8,10H,2,9H2,1H3,(H,22,24)(H2,21,23,25,27). The zero-order valence-corrected chi connectivity index (χ0v) is 17.5. The highest BCUT2D eigenvalue weighted by molar-refractivity contribution is 9.10. The normalized spacial score (nSPS) is 10.0. The van der Waals surface area contributed by atoms with Crippen molar-refractivity contribution < 1.29 is 14.3 Å². The van der Waals surface area contributed by atoms with Gasteiger partial charge in [0.15, 0.2) is 5.11 Å². The molecule has 6 nitrogen and oxygen atoms in total. The van der Waals surface area contributed by atoms with Crippen LogP contribution in [0.25, 0.3) is 0 Å². The molecule has 2 amide bonds. The minimum Gasteiger partial charge on any atom is -0.493 e. The highest BCUT2D eigenvalue weighted by Crippen LogP contribution is 2.23. The van der Waals surface area contributed by atoms with Crippen LogP contribution >= 0.6 is 39.7 Å². The van der Waals surface area contributed by atoms with E-state index in [1.54, 1.807) is 42.5 Å². The zero-order valence-electron chi connectivity index (χ0n) is 14.3. The Hall–Kier alpha value is -2.16. The first kappa shape index (κ1) is 21.1. The van der Waals surface area contributed by atoms with Gasteiger partial charge in [-0.1, -0.05) is 39.7 Å². The van der Waals surface area contributed by atoms with Crippen molar-refractivity contribution in [2.24, 2.45) is 0 Å². The van der Waals surface area contributed by atoms with Gasteiger partial charge in [0.1, 0.15) is 5.75 Å². The fraction of sp³-hybridized carbons (Fsp3) is 0.167. The predicted molar refractivity (Wildman–Crippen MR) is 112 cm³/mol. The lowest BCUT2D eigenvalue weighted by Gasteiger charge is -2.13. The van der Waals surface area contributed by atoms with Gasteiger partial charge in [0, 0.05) is 9.50 Å². The van der Waals surface area contributed by atoms with Gasteiger partial charge in [-0.2, -0.15) is 0 Å². The molecule has 9 heteroatoms. The Balaban J connectivity index is 1.88. The third kappa shape index (κ3) is 6.82. The highest BCUT2D eigenvalue weighted by atomic mass is 79.9. The first-order valence-corrected chi connectivity index (χ1v) is 9.54. The fourth-order valence-electron chi connectivity index (χ4n) is 2.12. The van der Waals surface area contributed by atoms with E-state index in [-0.39, 0.29) is 17.4 Å². The maximum Gasteiger partial charge on any atom is 0.261 e. The molecule has 0 aliphatic rings. The molecule has 0 aromatic heterocycles. The number of rotatable bonds is 5. The van der Waals surface area contributed by atoms with Crippen molar-refractivity contribution in [3.05, 3.63) is 63.1 Å². The second kappa shape index (κ2) is 10.2. The maximum absolute atomic E-state index is 12.4. The predicted octanol–water partition coefficient (Wildman–Crippen LogP) is 3.38. The third-order valence-electron chi connectivity index (χ3n) is 3.31. The van der Waals surface area contributed by atoms with Crippen molar-refractivity contribution in [1.82, 2.24) is 16.2 Å². The van der Waals surface area contributed by atoms with Gasteiger partial charge in [-0.3, -0.25) is 25.8 Å². The Labute approximate surface area is 175 Å². The van der Waals surface area contributed by atoms with Crippen molar-refractivity contribution in [3.8, 4) is 5.75 Å². The minimum absolute atomic E-state index is 0.0353. The van der Waals surface area contributed by atoms with Crippen LogP contribution in [0.3, 0.4) is 0 Å². The summed E-state index contributed by atoms with van der Waals surface area (Å²) in [4.78, 5) is 24.3. The molecule has 0 unspecified atom stereocenters. The summed E-state index contributed by atoms with van der Waals surface area (Å²) in [7, 11) is 0. The van der Waals surface area contributed by atoms with Crippen molar-refractivity contribution in [3.63, 3.8) is 0 Å². The number of hydrogen-bond donors (Lipinski definition) is 3. The first-order chi connectivity index (χ1) is 12.9. The van der Waals surface area contributed by atoms with Crippen LogP contribution in [0.1, 0.15) is 22.8 Å². The lowest BCUT2D eigenvalue weighted by atomic mass is 10.1. The molecular formula is C18H17BrClN3O3S. The monoisotopic (exact) mass is 469 g/mol. The topological polar surface area (TPSA) is 79.5 Å². The number of thiocarbonyl (C=S) groups is 1. The minimum atomic E-state index is -0.454. The third-order valence-corrected chi connectivity index (χ3v) is 4.26. The number of amides is 2. The quantitative estimate of drug-likeness (QED) is 0.461. The van der Waals surface area contributed by atoms with Crippen LogP contribution in [0.15, 0.2) is 46.9 Å². The van der Waals surface area contributed by atoms with Gasteiger partial charge in [0.2, 0.25) is 5.91 Å². The number of carbonyl (C=O) groups is 2. The number of hydrogen-bond acceptors (Lipinski definition) is 4. The number of nitrogens with one attached hydrogen (secondary N) is 3. The smallest absolute Gasteiger partial charge is 0.261 e. The number of carbonyl (C=O) groups excluding carboxylic acids is 2. The van der Waals surface area contributed by atoms with Gasteiger partial charge in [0.05, 0.1) is 18.6 Å². The number of ether oxygens (including phenoxy) is 1. The van der Waals surface area contributed by atoms with Crippen LogP contribution in [-0.4, -0.2) is 23.5 Å². The number of hydrazine groups is 1. The van der Waals surface area contributed by atoms with Crippen molar-refractivity contribution in [2.75, 3.05) is 6.61 Å². The summed E-state index contributed by atoms with van der Waals surface area (Å²) in [5.74, 6) is -0.330. The van der Waals surface area contributed by atoms with Crippen molar-refractivity contribution >= 4 is 56.7 Å². The molecule has 2 aromatic rings. The molecule has 0 bridgehead atoms. The molecule has 0 spiro atoms. The van der Waals surface area contributed by atoms with E-state index in [9.17, 15) is 9.59 Å². The average molecular weight is 471 g/mol. The molecule has 0 radical (unpaired) electrons. The van der Waals surface area contributed by atoms with E-state index < -0.39 is 5.91 Å². The Bertz CT molecular complexity index is 846. The number of benzene rings is 2. The molecule has 3 N–H and O–H groups in total. The van der Waals surface area contributed by atoms with Crippen molar-refractivity contribution in [2.45, 2.75) is 13.3 Å². The average Bonchev–Trinajstić information content (AvgIpc) is 2.63. The molecule has 0 atom stereocenters. The van der Waals surface area contributed by atoms with Gasteiger partial charge in [-0.05, 0) is 55.0 Å². The molecule has 27 heavy (non-hydrogen) atoms. The van der Waals surface area contributed by atoms with E-state index in [4.69, 9.17) is 28.6 Å². The second-order valence-electron chi connectivity index (χ2n) is 5.33. The Kier molecular flexibility index (Phi) is 8.02. The zero-order chi connectivity index (χ0) is 19.8. The lowest BCUT2D eigenvalue weighted by molar-refractivity contribution is -0.121. The molecule has 142 valence electrons. The Morgan fingerprint density at radius 2 is 1.85 bits per heavy atom. The lowest BCUT2D eigenvalue weighted by Crippen LogP contribution is -2.48. The van der Waals surface area contributed by atoms with E-state index in [2.05, 4.69) is 32.1 Å². The molecule has 2 aromatic carbocycles. The van der Waals surface area contributed by atoms with E-state index in [0.717, 1.165) is 10.0 Å². The van der Waals surface area contributed by atoms with Gasteiger partial charge >= 0.3 is 0 Å². The molecule has 0 aliphatic carbocycles. The highest BCUT2D eigenvalue weighted by Gasteiger charge is 2.15. The first-order valence-electron chi connectivity index (χ1n) is 7.96. The summed E-state index contributed by atoms with van der Waals surface area (Å²) >= 11 is 14.2. The SMILES string of the molecule is CCOc1ccc(Br)cc1C(=O)NC(=S)NNC(=O)Cc1ccc(Cl)cc1. The summed E-state index contributed by atoms with van der Waals surface area (Å²) in [5.41, 5.74) is 6.05. The van der Waals surface area contributed by atoms with Gasteiger partial charge in [-0.15, -0.1) is 0 Å². The van der Waals surface area contributed by atoms with Crippen LogP contribution in [0.5, 0.6) is 5.75 Å². The largest absolute Gasteiger partial charge is 0.493 e. The summed E-state index contributed by atoms with van der Waals surface area (Å²) in [6.07, 6.45) is 0.140. The molecule has 0 saturated carbocycles. The summed E-state index contributed by atoms with van der Waals surface area (Å²) in [5, 5.41) is 3.06. The van der Waals surface area contributed by atoms with Crippen LogP contribution in [-0.2, 0) is 11.2 Å². The molecule has 0 fully saturated rings. The van der Waals surface area contributed by atoms with Crippen LogP contribution in [0.4, 0.5) is 0 Å². The van der Waals surface area contributed by atoms with Gasteiger partial charge < -0.3 is 4.74 Å². The molecule has 2 rings (SSSR count). The summed E-state index contributed by atoms with van der Waals surface area (Å²) in [6, 6.07) is 12.0. The second-order valence-corrected chi connectivity index (χ2v) is 7.09. The Morgan fingerprint density at radius 1 is 1.15 bits per heavy atom. The van der Waals surface area contributed by atoms with E-state index in [1.165, 1.54) is 0 Å². The van der Waals surface area contributed by atoms with Crippen LogP contribution in [0.2, 0.25) is 5.02 Å². The van der Waals surface area contributed by atoms with Crippen molar-refractivity contribution in [1.29, 1.82) is 0 Å². The molecule has 0 saturated heterocycles. The van der Waals surface area contributed by atoms with Gasteiger partial charge in [-0.25, -0.2) is 0 Å². The van der Waals surface area contributed by atoms with E-state index >= 15 is 0 Å². The van der Waals surface area contributed by atoms with Gasteiger partial charge in [0.25, 0.3) is 5.91 Å². The molecule has 0 aliphatic heterocycles. The summed E-state index contributed by atoms with van der Waals surface area (Å²) in [6.45, 7) is 2.25. The van der Waals surface area contributed by atoms with Crippen LogP contribution in [0, 0.1) is 0 Å². The Morgan fingerprint density at radius 3 is 2.52 bits per heavy atom. The fourth-order valence-corrected chi connectivity index (χ4v) is 2.75. The summed E-state index contributed by atoms with van der Waals surface area (Å²) < 4.78 is 6.17. The molecule has 0 heterocycles. The van der Waals surface area contributed by atoms with E-state index in [1.807, 2.05) is 6.92 Å². The molecular weight excluding hydrogens is 454 g/mol. The van der Waals surface area contributed by atoms with Crippen LogP contribution < -0.4 is 20.9 Å². The van der Waals surface area contributed by atoms with E-state index in [0.29, 0.717) is 22.9 Å².